The maximum absolute atomic E-state index is 10.9. The fourth-order valence-electron chi connectivity index (χ4n) is 1.50. The lowest BCUT2D eigenvalue weighted by molar-refractivity contribution is 0.0697. The summed E-state index contributed by atoms with van der Waals surface area (Å²) in [5, 5.41) is 8.90. The molecule has 0 atom stereocenters. The van der Waals surface area contributed by atoms with E-state index in [0.717, 1.165) is 5.56 Å². The van der Waals surface area contributed by atoms with Crippen molar-refractivity contribution in [3.63, 3.8) is 0 Å². The predicted octanol–water partition coefficient (Wildman–Crippen LogP) is 2.46. The summed E-state index contributed by atoms with van der Waals surface area (Å²) in [4.78, 5) is 15.0. The van der Waals surface area contributed by atoms with Gasteiger partial charge in [-0.2, -0.15) is 0 Å². The Morgan fingerprint density at radius 1 is 1.29 bits per heavy atom. The van der Waals surface area contributed by atoms with Gasteiger partial charge in [0.1, 0.15) is 5.75 Å². The highest BCUT2D eigenvalue weighted by Gasteiger charge is 2.06. The van der Waals surface area contributed by atoms with Gasteiger partial charge in [-0.05, 0) is 24.3 Å². The Labute approximate surface area is 98.5 Å². The molecule has 0 amide bonds. The molecule has 2 aromatic rings. The summed E-state index contributed by atoms with van der Waals surface area (Å²) in [6.45, 7) is 0. The second kappa shape index (κ2) is 4.65. The Kier molecular flexibility index (Phi) is 3.05. The Balaban J connectivity index is 2.45. The number of carboxylic acids is 1. The molecule has 4 nitrogen and oxygen atoms in total. The Bertz CT molecular complexity index is 552. The molecule has 0 aliphatic carbocycles. The third-order valence-corrected chi connectivity index (χ3v) is 2.37. The number of methoxy groups -OCH3 is 1. The number of benzene rings is 1. The Morgan fingerprint density at radius 2 is 2.12 bits per heavy atom. The van der Waals surface area contributed by atoms with E-state index in [0.29, 0.717) is 11.4 Å². The maximum atomic E-state index is 10.9. The number of carbonyl (C=O) groups is 1. The molecule has 1 N–H and O–H groups in total. The summed E-state index contributed by atoms with van der Waals surface area (Å²) < 4.78 is 5.11. The van der Waals surface area contributed by atoms with Gasteiger partial charge in [0.25, 0.3) is 0 Å². The summed E-state index contributed by atoms with van der Waals surface area (Å²) in [5.74, 6) is -0.249. The van der Waals surface area contributed by atoms with E-state index in [1.165, 1.54) is 18.3 Å². The molecule has 17 heavy (non-hydrogen) atoms. The van der Waals surface area contributed by atoms with Gasteiger partial charge in [0.15, 0.2) is 0 Å². The van der Waals surface area contributed by atoms with E-state index >= 15 is 0 Å². The molecule has 0 saturated carbocycles. The minimum Gasteiger partial charge on any atom is -0.497 e. The minimum atomic E-state index is -0.962. The van der Waals surface area contributed by atoms with Gasteiger partial charge < -0.3 is 9.84 Å². The van der Waals surface area contributed by atoms with E-state index in [1.54, 1.807) is 7.11 Å². The van der Waals surface area contributed by atoms with Crippen LogP contribution in [0.2, 0.25) is 0 Å². The normalized spacial score (nSPS) is 9.94. The Hall–Kier alpha value is -2.36. The van der Waals surface area contributed by atoms with Crippen molar-refractivity contribution < 1.29 is 14.6 Å². The van der Waals surface area contributed by atoms with E-state index in [9.17, 15) is 4.79 Å². The van der Waals surface area contributed by atoms with E-state index in [4.69, 9.17) is 9.84 Å². The number of ether oxygens (including phenoxy) is 1. The second-order valence-corrected chi connectivity index (χ2v) is 3.47. The van der Waals surface area contributed by atoms with Crippen LogP contribution in [0, 0.1) is 0 Å². The fraction of sp³-hybridized carbons (Fsp3) is 0.0769. The highest BCUT2D eigenvalue weighted by Crippen LogP contribution is 2.22. The standard InChI is InChI=1S/C13H11NO3/c1-17-11-4-2-3-9(7-11)12-8-10(13(15)16)5-6-14-12/h2-8H,1H3,(H,15,16). The molecule has 0 saturated heterocycles. The lowest BCUT2D eigenvalue weighted by Gasteiger charge is -2.04. The van der Waals surface area contributed by atoms with Crippen LogP contribution < -0.4 is 4.74 Å². The van der Waals surface area contributed by atoms with Crippen LogP contribution in [-0.2, 0) is 0 Å². The van der Waals surface area contributed by atoms with Crippen molar-refractivity contribution in [1.29, 1.82) is 0 Å². The number of pyridine rings is 1. The van der Waals surface area contributed by atoms with Gasteiger partial charge >= 0.3 is 5.97 Å². The molecule has 0 aliphatic heterocycles. The molecule has 0 aliphatic rings. The zero-order chi connectivity index (χ0) is 12.3. The van der Waals surface area contributed by atoms with Crippen LogP contribution in [0.3, 0.4) is 0 Å². The van der Waals surface area contributed by atoms with E-state index in [2.05, 4.69) is 4.98 Å². The highest BCUT2D eigenvalue weighted by atomic mass is 16.5. The molecule has 0 unspecified atom stereocenters. The van der Waals surface area contributed by atoms with Crippen molar-refractivity contribution in [3.05, 3.63) is 48.2 Å². The zero-order valence-corrected chi connectivity index (χ0v) is 9.25. The van der Waals surface area contributed by atoms with Gasteiger partial charge in [0.2, 0.25) is 0 Å². The number of aromatic carboxylic acids is 1. The van der Waals surface area contributed by atoms with E-state index in [-0.39, 0.29) is 5.56 Å². The first kappa shape index (κ1) is 11.1. The quantitative estimate of drug-likeness (QED) is 0.878. The van der Waals surface area contributed by atoms with Crippen LogP contribution in [-0.4, -0.2) is 23.2 Å². The second-order valence-electron chi connectivity index (χ2n) is 3.47. The fourth-order valence-corrected chi connectivity index (χ4v) is 1.50. The molecule has 0 radical (unpaired) electrons. The van der Waals surface area contributed by atoms with Crippen LogP contribution in [0.15, 0.2) is 42.6 Å². The number of carboxylic acid groups (broad SMARTS) is 1. The summed E-state index contributed by atoms with van der Waals surface area (Å²) in [6, 6.07) is 10.3. The first-order valence-corrected chi connectivity index (χ1v) is 5.04. The van der Waals surface area contributed by atoms with E-state index in [1.807, 2.05) is 24.3 Å². The smallest absolute Gasteiger partial charge is 0.335 e. The number of nitrogens with zero attached hydrogens (tertiary/aromatic N) is 1. The lowest BCUT2D eigenvalue weighted by atomic mass is 10.1. The molecule has 1 aromatic heterocycles. The molecule has 1 heterocycles. The SMILES string of the molecule is COc1cccc(-c2cc(C(=O)O)ccn2)c1. The van der Waals surface area contributed by atoms with Crippen molar-refractivity contribution in [3.8, 4) is 17.0 Å². The zero-order valence-electron chi connectivity index (χ0n) is 9.25. The van der Waals surface area contributed by atoms with Crippen LogP contribution >= 0.6 is 0 Å². The molecule has 4 heteroatoms. The summed E-state index contributed by atoms with van der Waals surface area (Å²) in [6.07, 6.45) is 1.48. The number of rotatable bonds is 3. The average molecular weight is 229 g/mol. The van der Waals surface area contributed by atoms with Gasteiger partial charge in [-0.15, -0.1) is 0 Å². The van der Waals surface area contributed by atoms with Gasteiger partial charge in [0, 0.05) is 11.8 Å². The monoisotopic (exact) mass is 229 g/mol. The first-order chi connectivity index (χ1) is 8.20. The van der Waals surface area contributed by atoms with Crippen LogP contribution in [0.1, 0.15) is 10.4 Å². The van der Waals surface area contributed by atoms with E-state index < -0.39 is 5.97 Å². The molecule has 1 aromatic carbocycles. The predicted molar refractivity (Wildman–Crippen MR) is 63.2 cm³/mol. The van der Waals surface area contributed by atoms with Crippen LogP contribution in [0.25, 0.3) is 11.3 Å². The van der Waals surface area contributed by atoms with Gasteiger partial charge in [0.05, 0.1) is 18.4 Å². The average Bonchev–Trinajstić information content (AvgIpc) is 2.39. The van der Waals surface area contributed by atoms with Gasteiger partial charge in [-0.3, -0.25) is 4.98 Å². The number of hydrogen-bond acceptors (Lipinski definition) is 3. The Morgan fingerprint density at radius 3 is 2.82 bits per heavy atom. The summed E-state index contributed by atoms with van der Waals surface area (Å²) in [7, 11) is 1.58. The molecule has 0 bridgehead atoms. The molecular weight excluding hydrogens is 218 g/mol. The van der Waals surface area contributed by atoms with Gasteiger partial charge in [-0.1, -0.05) is 12.1 Å². The minimum absolute atomic E-state index is 0.220. The molecule has 2 rings (SSSR count). The van der Waals surface area contributed by atoms with Crippen molar-refractivity contribution in [2.45, 2.75) is 0 Å². The summed E-state index contributed by atoms with van der Waals surface area (Å²) >= 11 is 0. The van der Waals surface area contributed by atoms with Crippen molar-refractivity contribution in [1.82, 2.24) is 4.98 Å². The third-order valence-electron chi connectivity index (χ3n) is 2.37. The summed E-state index contributed by atoms with van der Waals surface area (Å²) in [5.41, 5.74) is 1.66. The largest absolute Gasteiger partial charge is 0.497 e. The van der Waals surface area contributed by atoms with Gasteiger partial charge in [-0.25, -0.2) is 4.79 Å². The topological polar surface area (TPSA) is 59.4 Å². The number of hydrogen-bond donors (Lipinski definition) is 1. The maximum Gasteiger partial charge on any atom is 0.335 e. The lowest BCUT2D eigenvalue weighted by Crippen LogP contribution is -1.97. The molecule has 86 valence electrons. The van der Waals surface area contributed by atoms with Crippen LogP contribution in [0.4, 0.5) is 0 Å². The first-order valence-electron chi connectivity index (χ1n) is 5.04. The molecular formula is C13H11NO3. The number of aromatic nitrogens is 1. The highest BCUT2D eigenvalue weighted by molar-refractivity contribution is 5.88. The van der Waals surface area contributed by atoms with Crippen molar-refractivity contribution in [2.75, 3.05) is 7.11 Å². The molecule has 0 spiro atoms. The van der Waals surface area contributed by atoms with Crippen LogP contribution in [0.5, 0.6) is 5.75 Å². The van der Waals surface area contributed by atoms with Crippen molar-refractivity contribution in [2.24, 2.45) is 0 Å². The third kappa shape index (κ3) is 2.42. The molecule has 0 fully saturated rings. The van der Waals surface area contributed by atoms with Crippen molar-refractivity contribution >= 4 is 5.97 Å².